The molecule has 0 saturated heterocycles. The molecular formula is C13H19N3O. The van der Waals surface area contributed by atoms with Gasteiger partial charge in [-0.1, -0.05) is 39.0 Å². The molecule has 0 unspecified atom stereocenters. The molecule has 1 N–H and O–H groups in total. The van der Waals surface area contributed by atoms with E-state index in [1.165, 1.54) is 16.5 Å². The van der Waals surface area contributed by atoms with E-state index in [1.54, 1.807) is 6.08 Å². The molecule has 0 bridgehead atoms. The van der Waals surface area contributed by atoms with E-state index < -0.39 is 0 Å². The van der Waals surface area contributed by atoms with Gasteiger partial charge in [0, 0.05) is 0 Å². The van der Waals surface area contributed by atoms with Gasteiger partial charge in [-0.3, -0.25) is 0 Å². The Bertz CT molecular complexity index is 509. The molecule has 0 aromatic carbocycles. The Hall–Kier alpha value is -1.84. The van der Waals surface area contributed by atoms with Gasteiger partial charge in [-0.2, -0.15) is 5.10 Å². The molecule has 1 aromatic heterocycles. The second kappa shape index (κ2) is 4.99. The molecule has 1 heterocycles. The maximum Gasteiger partial charge on any atom is 0.347 e. The summed E-state index contributed by atoms with van der Waals surface area (Å²) in [7, 11) is 0. The lowest BCUT2D eigenvalue weighted by Crippen LogP contribution is -2.14. The molecule has 1 rings (SSSR count). The number of aromatic amines is 1. The Kier molecular flexibility index (Phi) is 3.89. The van der Waals surface area contributed by atoms with Crippen molar-refractivity contribution < 1.29 is 0 Å². The van der Waals surface area contributed by atoms with Crippen molar-refractivity contribution in [1.29, 1.82) is 0 Å². The number of rotatable bonds is 3. The summed E-state index contributed by atoms with van der Waals surface area (Å²) in [6.45, 7) is 12.2. The number of H-pyrrole nitrogens is 1. The minimum Gasteiger partial charge on any atom is -0.250 e. The molecule has 4 nitrogen and oxygen atoms in total. The number of allylic oxidation sites excluding steroid dienone is 5. The first kappa shape index (κ1) is 13.2. The van der Waals surface area contributed by atoms with Crippen LogP contribution in [0.4, 0.5) is 0 Å². The predicted octanol–water partition coefficient (Wildman–Crippen LogP) is 2.59. The van der Waals surface area contributed by atoms with Crippen LogP contribution >= 0.6 is 0 Å². The van der Waals surface area contributed by atoms with E-state index >= 15 is 0 Å². The molecule has 4 heteroatoms. The lowest BCUT2D eigenvalue weighted by atomic mass is 9.87. The van der Waals surface area contributed by atoms with Crippen molar-refractivity contribution in [2.45, 2.75) is 27.7 Å². The van der Waals surface area contributed by atoms with Crippen LogP contribution < -0.4 is 5.69 Å². The van der Waals surface area contributed by atoms with Crippen molar-refractivity contribution in [2.75, 3.05) is 0 Å². The quantitative estimate of drug-likeness (QED) is 0.816. The number of hydrogen-bond donors (Lipinski definition) is 1. The maximum atomic E-state index is 11.4. The molecule has 92 valence electrons. The minimum absolute atomic E-state index is 0.115. The van der Waals surface area contributed by atoms with Crippen molar-refractivity contribution >= 4 is 5.70 Å². The van der Waals surface area contributed by atoms with Gasteiger partial charge in [0.25, 0.3) is 0 Å². The molecular weight excluding hydrogens is 214 g/mol. The second-order valence-corrected chi connectivity index (χ2v) is 4.93. The van der Waals surface area contributed by atoms with E-state index in [0.29, 0.717) is 5.70 Å². The summed E-state index contributed by atoms with van der Waals surface area (Å²) >= 11 is 0. The molecule has 0 fully saturated rings. The average Bonchev–Trinajstić information content (AvgIpc) is 2.64. The summed E-state index contributed by atoms with van der Waals surface area (Å²) in [6, 6.07) is 0. The van der Waals surface area contributed by atoms with Crippen LogP contribution in [0.2, 0.25) is 0 Å². The maximum absolute atomic E-state index is 11.4. The molecule has 0 aliphatic rings. The van der Waals surface area contributed by atoms with E-state index in [0.717, 1.165) is 0 Å². The first-order valence-electron chi connectivity index (χ1n) is 5.50. The van der Waals surface area contributed by atoms with Crippen LogP contribution in [-0.4, -0.2) is 14.8 Å². The standard InChI is InChI=1S/C13H19N3O/c1-6-11(16-9-14-15-12(16)17)8-7-10(2)13(3,4)5/h6-9H,1H2,2-5H3,(H,15,17)/b10-7+,11-8+. The summed E-state index contributed by atoms with van der Waals surface area (Å²) in [5.74, 6) is 0. The summed E-state index contributed by atoms with van der Waals surface area (Å²) in [4.78, 5) is 11.4. The molecule has 0 saturated carbocycles. The fraction of sp³-hybridized carbons (Fsp3) is 0.385. The van der Waals surface area contributed by atoms with Crippen LogP contribution in [0.3, 0.4) is 0 Å². The highest BCUT2D eigenvalue weighted by Crippen LogP contribution is 2.24. The fourth-order valence-corrected chi connectivity index (χ4v) is 1.14. The Balaban J connectivity index is 3.10. The van der Waals surface area contributed by atoms with Crippen molar-refractivity contribution in [3.05, 3.63) is 47.2 Å². The zero-order chi connectivity index (χ0) is 13.1. The van der Waals surface area contributed by atoms with Crippen molar-refractivity contribution in [1.82, 2.24) is 14.8 Å². The van der Waals surface area contributed by atoms with Crippen LogP contribution in [-0.2, 0) is 0 Å². The van der Waals surface area contributed by atoms with Gasteiger partial charge in [0.15, 0.2) is 0 Å². The molecule has 0 atom stereocenters. The fourth-order valence-electron chi connectivity index (χ4n) is 1.14. The summed E-state index contributed by atoms with van der Waals surface area (Å²) in [5, 5.41) is 6.03. The minimum atomic E-state index is -0.266. The third-order valence-electron chi connectivity index (χ3n) is 2.73. The number of aromatic nitrogens is 3. The predicted molar refractivity (Wildman–Crippen MR) is 70.5 cm³/mol. The second-order valence-electron chi connectivity index (χ2n) is 4.93. The smallest absolute Gasteiger partial charge is 0.250 e. The SMILES string of the molecule is C=C/C(=C\C=C(/C)C(C)(C)C)n1cn[nH]c1=O. The van der Waals surface area contributed by atoms with Gasteiger partial charge in [-0.05, 0) is 24.5 Å². The largest absolute Gasteiger partial charge is 0.347 e. The number of nitrogens with one attached hydrogen (secondary N) is 1. The Morgan fingerprint density at radius 2 is 2.12 bits per heavy atom. The molecule has 0 aliphatic carbocycles. The molecule has 0 spiro atoms. The third-order valence-corrected chi connectivity index (χ3v) is 2.73. The summed E-state index contributed by atoms with van der Waals surface area (Å²) in [5.41, 5.74) is 1.78. The van der Waals surface area contributed by atoms with Crippen LogP contribution in [0.1, 0.15) is 27.7 Å². The van der Waals surface area contributed by atoms with Gasteiger partial charge in [0.1, 0.15) is 6.33 Å². The molecule has 1 aromatic rings. The van der Waals surface area contributed by atoms with Crippen molar-refractivity contribution in [3.63, 3.8) is 0 Å². The van der Waals surface area contributed by atoms with Gasteiger partial charge in [0.05, 0.1) is 5.70 Å². The van der Waals surface area contributed by atoms with Gasteiger partial charge >= 0.3 is 5.69 Å². The van der Waals surface area contributed by atoms with Gasteiger partial charge in [0.2, 0.25) is 0 Å². The van der Waals surface area contributed by atoms with Gasteiger partial charge in [-0.15, -0.1) is 0 Å². The third kappa shape index (κ3) is 3.31. The Morgan fingerprint density at radius 1 is 1.47 bits per heavy atom. The monoisotopic (exact) mass is 233 g/mol. The van der Waals surface area contributed by atoms with E-state index in [2.05, 4.69) is 44.5 Å². The van der Waals surface area contributed by atoms with E-state index in [1.807, 2.05) is 12.2 Å². The number of hydrogen-bond acceptors (Lipinski definition) is 2. The van der Waals surface area contributed by atoms with Crippen LogP contribution in [0.15, 0.2) is 41.5 Å². The summed E-state index contributed by atoms with van der Waals surface area (Å²) < 4.78 is 1.42. The molecule has 0 amide bonds. The lowest BCUT2D eigenvalue weighted by Gasteiger charge is -2.18. The van der Waals surface area contributed by atoms with Crippen LogP contribution in [0.5, 0.6) is 0 Å². The van der Waals surface area contributed by atoms with Crippen molar-refractivity contribution in [3.8, 4) is 0 Å². The Labute approximate surface area is 101 Å². The zero-order valence-electron chi connectivity index (χ0n) is 10.8. The van der Waals surface area contributed by atoms with Crippen molar-refractivity contribution in [2.24, 2.45) is 5.41 Å². The van der Waals surface area contributed by atoms with E-state index in [-0.39, 0.29) is 11.1 Å². The Morgan fingerprint density at radius 3 is 2.53 bits per heavy atom. The highest BCUT2D eigenvalue weighted by Gasteiger charge is 2.11. The first-order valence-corrected chi connectivity index (χ1v) is 5.50. The van der Waals surface area contributed by atoms with E-state index in [4.69, 9.17) is 0 Å². The van der Waals surface area contributed by atoms with Gasteiger partial charge in [-0.25, -0.2) is 14.5 Å². The topological polar surface area (TPSA) is 50.7 Å². The van der Waals surface area contributed by atoms with Gasteiger partial charge < -0.3 is 0 Å². The highest BCUT2D eigenvalue weighted by molar-refractivity contribution is 5.58. The molecule has 0 radical (unpaired) electrons. The zero-order valence-corrected chi connectivity index (χ0v) is 10.8. The van der Waals surface area contributed by atoms with E-state index in [9.17, 15) is 4.79 Å². The first-order chi connectivity index (χ1) is 7.86. The lowest BCUT2D eigenvalue weighted by molar-refractivity contribution is 0.504. The van der Waals surface area contributed by atoms with Crippen LogP contribution in [0, 0.1) is 5.41 Å². The summed E-state index contributed by atoms with van der Waals surface area (Å²) in [6.07, 6.45) is 6.93. The van der Waals surface area contributed by atoms with Crippen LogP contribution in [0.25, 0.3) is 5.70 Å². The number of nitrogens with zero attached hydrogens (tertiary/aromatic N) is 2. The normalized spacial score (nSPS) is 13.9. The highest BCUT2D eigenvalue weighted by atomic mass is 16.1. The average molecular weight is 233 g/mol. The molecule has 17 heavy (non-hydrogen) atoms. The molecule has 0 aliphatic heterocycles.